The van der Waals surface area contributed by atoms with Crippen molar-refractivity contribution in [2.45, 2.75) is 101 Å². The Hall–Kier alpha value is -2.69. The Morgan fingerprint density at radius 1 is 1.02 bits per heavy atom. The minimum atomic E-state index is -0.861. The van der Waals surface area contributed by atoms with E-state index in [1.807, 2.05) is 4.90 Å². The maximum absolute atomic E-state index is 13.7. The van der Waals surface area contributed by atoms with Crippen LogP contribution in [0, 0.1) is 0 Å². The summed E-state index contributed by atoms with van der Waals surface area (Å²) in [4.78, 5) is 43.6. The number of piperazine rings is 1. The Balaban J connectivity index is 1.23. The lowest BCUT2D eigenvalue weighted by Crippen LogP contribution is -2.73. The second kappa shape index (κ2) is 15.2. The van der Waals surface area contributed by atoms with Crippen molar-refractivity contribution in [3.8, 4) is 5.75 Å². The van der Waals surface area contributed by atoms with Crippen LogP contribution in [0.5, 0.6) is 5.75 Å². The Morgan fingerprint density at radius 3 is 2.40 bits per heavy atom. The van der Waals surface area contributed by atoms with Crippen LogP contribution in [-0.2, 0) is 9.59 Å². The van der Waals surface area contributed by atoms with Crippen molar-refractivity contribution in [1.29, 1.82) is 0 Å². The van der Waals surface area contributed by atoms with E-state index < -0.39 is 17.2 Å². The van der Waals surface area contributed by atoms with Gasteiger partial charge < -0.3 is 35.4 Å². The van der Waals surface area contributed by atoms with Gasteiger partial charge in [0, 0.05) is 38.2 Å². The van der Waals surface area contributed by atoms with Crippen LogP contribution in [0.1, 0.15) is 94.3 Å². The predicted molar refractivity (Wildman–Crippen MR) is 160 cm³/mol. The first-order valence-electron chi connectivity index (χ1n) is 16.0. The third-order valence-corrected chi connectivity index (χ3v) is 9.25. The van der Waals surface area contributed by atoms with Crippen molar-refractivity contribution < 1.29 is 29.3 Å². The zero-order valence-electron chi connectivity index (χ0n) is 25.2. The number of hydrogen-bond donors (Lipinski definition) is 4. The zero-order chi connectivity index (χ0) is 30.0. The highest BCUT2D eigenvalue weighted by Gasteiger charge is 2.54. The highest BCUT2D eigenvalue weighted by atomic mass is 16.5. The van der Waals surface area contributed by atoms with Crippen LogP contribution in [0.2, 0.25) is 0 Å². The number of aliphatic hydroxyl groups excluding tert-OH is 1. The Bertz CT molecular complexity index is 1030. The van der Waals surface area contributed by atoms with Gasteiger partial charge in [-0.3, -0.25) is 14.4 Å². The maximum Gasteiger partial charge on any atom is 0.251 e. The fourth-order valence-corrected chi connectivity index (χ4v) is 6.69. The molecule has 2 saturated heterocycles. The molecule has 2 heterocycles. The summed E-state index contributed by atoms with van der Waals surface area (Å²) in [6.45, 7) is 5.82. The van der Waals surface area contributed by atoms with Gasteiger partial charge in [-0.1, -0.05) is 32.6 Å². The van der Waals surface area contributed by atoms with Crippen LogP contribution in [0.25, 0.3) is 0 Å². The van der Waals surface area contributed by atoms with Gasteiger partial charge in [-0.25, -0.2) is 0 Å². The van der Waals surface area contributed by atoms with Crippen molar-refractivity contribution >= 4 is 17.7 Å². The molecule has 1 aromatic rings. The molecule has 234 valence electrons. The summed E-state index contributed by atoms with van der Waals surface area (Å²) < 4.78 is 5.85. The molecule has 10 heteroatoms. The van der Waals surface area contributed by atoms with Crippen molar-refractivity contribution in [2.24, 2.45) is 0 Å². The Labute approximate surface area is 250 Å². The van der Waals surface area contributed by atoms with Crippen LogP contribution in [0.3, 0.4) is 0 Å². The molecular weight excluding hydrogens is 536 g/mol. The van der Waals surface area contributed by atoms with Gasteiger partial charge in [0.15, 0.2) is 0 Å². The minimum Gasteiger partial charge on any atom is -0.494 e. The third kappa shape index (κ3) is 8.02. The lowest BCUT2D eigenvalue weighted by molar-refractivity contribution is -0.163. The van der Waals surface area contributed by atoms with Gasteiger partial charge in [0.2, 0.25) is 11.8 Å². The largest absolute Gasteiger partial charge is 0.494 e. The smallest absolute Gasteiger partial charge is 0.251 e. The molecule has 1 aromatic carbocycles. The number of nitrogens with zero attached hydrogens (tertiary/aromatic N) is 2. The lowest BCUT2D eigenvalue weighted by atomic mass is 9.77. The molecule has 3 aliphatic rings. The van der Waals surface area contributed by atoms with Crippen LogP contribution in [0.15, 0.2) is 24.3 Å². The zero-order valence-corrected chi connectivity index (χ0v) is 25.2. The van der Waals surface area contributed by atoms with Crippen molar-refractivity contribution in [1.82, 2.24) is 20.4 Å². The summed E-state index contributed by atoms with van der Waals surface area (Å²) >= 11 is 0. The second-order valence-corrected chi connectivity index (χ2v) is 12.3. The molecule has 0 bridgehead atoms. The van der Waals surface area contributed by atoms with E-state index in [4.69, 9.17) is 9.84 Å². The summed E-state index contributed by atoms with van der Waals surface area (Å²) in [5, 5.41) is 25.6. The summed E-state index contributed by atoms with van der Waals surface area (Å²) in [7, 11) is 0. The van der Waals surface area contributed by atoms with Crippen molar-refractivity contribution in [3.05, 3.63) is 29.8 Å². The molecule has 0 radical (unpaired) electrons. The van der Waals surface area contributed by atoms with E-state index in [2.05, 4.69) is 22.5 Å². The molecular formula is C32H50N4O6. The van der Waals surface area contributed by atoms with Gasteiger partial charge in [-0.15, -0.1) is 0 Å². The molecule has 0 unspecified atom stereocenters. The molecule has 1 atom stereocenters. The second-order valence-electron chi connectivity index (χ2n) is 12.3. The number of piperidine rings is 1. The van der Waals surface area contributed by atoms with Gasteiger partial charge >= 0.3 is 0 Å². The van der Waals surface area contributed by atoms with Crippen molar-refractivity contribution in [3.63, 3.8) is 0 Å². The molecule has 3 amide bonds. The van der Waals surface area contributed by atoms with E-state index in [0.717, 1.165) is 64.6 Å². The highest BCUT2D eigenvalue weighted by molar-refractivity contribution is 6.00. The van der Waals surface area contributed by atoms with Crippen LogP contribution in [0.4, 0.5) is 0 Å². The molecule has 1 saturated carbocycles. The molecule has 1 aliphatic carbocycles. The number of benzene rings is 1. The van der Waals surface area contributed by atoms with E-state index in [-0.39, 0.29) is 30.9 Å². The van der Waals surface area contributed by atoms with E-state index >= 15 is 0 Å². The maximum atomic E-state index is 13.7. The first-order chi connectivity index (χ1) is 20.3. The molecule has 4 N–H and O–H groups in total. The lowest BCUT2D eigenvalue weighted by Gasteiger charge is -2.52. The first-order valence-corrected chi connectivity index (χ1v) is 16.0. The Morgan fingerprint density at radius 2 is 1.74 bits per heavy atom. The summed E-state index contributed by atoms with van der Waals surface area (Å²) in [6.07, 6.45) is 9.67. The topological polar surface area (TPSA) is 131 Å². The van der Waals surface area contributed by atoms with Gasteiger partial charge in [-0.05, 0) is 75.8 Å². The average molecular weight is 587 g/mol. The van der Waals surface area contributed by atoms with Crippen LogP contribution in [-0.4, -0.2) is 101 Å². The number of likely N-dealkylation sites (tertiary alicyclic amines) is 1. The normalized spacial score (nSPS) is 22.2. The Kier molecular flexibility index (Phi) is 11.6. The van der Waals surface area contributed by atoms with E-state index in [1.165, 1.54) is 0 Å². The van der Waals surface area contributed by atoms with Crippen LogP contribution < -0.4 is 15.4 Å². The summed E-state index contributed by atoms with van der Waals surface area (Å²) in [5.74, 6) is 0.419. The number of unbranched alkanes of at least 4 members (excludes halogenated alkanes) is 2. The van der Waals surface area contributed by atoms with Gasteiger partial charge in [0.05, 0.1) is 18.8 Å². The fourth-order valence-electron chi connectivity index (χ4n) is 6.69. The highest BCUT2D eigenvalue weighted by Crippen LogP contribution is 2.37. The van der Waals surface area contributed by atoms with Gasteiger partial charge in [-0.2, -0.15) is 0 Å². The molecule has 3 fully saturated rings. The summed E-state index contributed by atoms with van der Waals surface area (Å²) in [6, 6.07) is 6.33. The summed E-state index contributed by atoms with van der Waals surface area (Å²) in [5.41, 5.74) is -1.13. The van der Waals surface area contributed by atoms with E-state index in [0.29, 0.717) is 56.6 Å². The van der Waals surface area contributed by atoms with E-state index in [1.54, 1.807) is 24.3 Å². The molecule has 42 heavy (non-hydrogen) atoms. The molecule has 1 spiro atoms. The molecule has 10 nitrogen and oxygen atoms in total. The van der Waals surface area contributed by atoms with Crippen LogP contribution >= 0.6 is 0 Å². The number of carbonyl (C=O) groups excluding carboxylic acids is 3. The number of rotatable bonds is 14. The monoisotopic (exact) mass is 586 g/mol. The molecule has 4 rings (SSSR count). The number of ether oxygens (including phenoxy) is 1. The minimum absolute atomic E-state index is 0.0218. The first kappa shape index (κ1) is 32.2. The number of nitrogens with one attached hydrogen (secondary N) is 2. The van der Waals surface area contributed by atoms with Gasteiger partial charge in [0.1, 0.15) is 17.3 Å². The van der Waals surface area contributed by atoms with Crippen molar-refractivity contribution in [2.75, 3.05) is 45.9 Å². The fraction of sp³-hybridized carbons (Fsp3) is 0.719. The molecule has 2 aliphatic heterocycles. The number of aliphatic hydroxyl groups is 2. The molecule has 0 aromatic heterocycles. The average Bonchev–Trinajstić information content (AvgIpc) is 3.00. The standard InChI is InChI=1S/C32H50N4O6/c1-2-3-19-36-29(39)27(24-31(41)13-5-4-6-14-31)34-30(40)32(36)15-20-35(21-16-32)18-7-8-23-42-26-11-9-25(10-12-26)28(38)33-17-22-37/h9-12,27,37,41H,2-8,13-24H2,1H3,(H,33,38)(H,34,40)/t27-/m1/s1. The van der Waals surface area contributed by atoms with E-state index in [9.17, 15) is 19.5 Å². The number of hydrogen-bond acceptors (Lipinski definition) is 7. The number of carbonyl (C=O) groups is 3. The predicted octanol–water partition coefficient (Wildman–Crippen LogP) is 2.61. The SMILES string of the molecule is CCCCN1C(=O)[C@@H](CC2(O)CCCCC2)NC(=O)C12CCN(CCCCOc1ccc(C(=O)NCCO)cc1)CC2. The third-order valence-electron chi connectivity index (χ3n) is 9.25. The quantitative estimate of drug-likeness (QED) is 0.247. The number of amides is 3. The van der Waals surface area contributed by atoms with Gasteiger partial charge in [0.25, 0.3) is 5.91 Å².